The van der Waals surface area contributed by atoms with Crippen LogP contribution in [0.1, 0.15) is 62.6 Å². The molecule has 0 saturated carbocycles. The number of nitrogens with zero attached hydrogens (tertiary/aromatic N) is 6. The molecule has 12 heteroatoms. The number of rotatable bonds is 6. The monoisotopic (exact) mass is 551 g/mol. The Morgan fingerprint density at radius 3 is 2.58 bits per heavy atom. The van der Waals surface area contributed by atoms with E-state index in [0.29, 0.717) is 51.9 Å². The van der Waals surface area contributed by atoms with Crippen molar-refractivity contribution in [1.82, 2.24) is 29.6 Å². The van der Waals surface area contributed by atoms with Gasteiger partial charge < -0.3 is 9.64 Å². The molecule has 0 radical (unpaired) electrons. The van der Waals surface area contributed by atoms with Crippen molar-refractivity contribution in [1.29, 1.82) is 0 Å². The predicted molar refractivity (Wildman–Crippen MR) is 145 cm³/mol. The number of hydrogen-bond acceptors (Lipinski definition) is 8. The molecule has 10 nitrogen and oxygen atoms in total. The molecule has 1 aliphatic heterocycles. The minimum Gasteiger partial charge on any atom is -0.494 e. The van der Waals surface area contributed by atoms with Crippen LogP contribution in [0.25, 0.3) is 11.1 Å². The molecule has 38 heavy (non-hydrogen) atoms. The molecule has 1 aliphatic rings. The molecule has 0 aromatic carbocycles. The van der Waals surface area contributed by atoms with Gasteiger partial charge in [0, 0.05) is 35.3 Å². The van der Waals surface area contributed by atoms with Gasteiger partial charge in [-0.1, -0.05) is 22.9 Å². The third-order valence-corrected chi connectivity index (χ3v) is 7.47. The van der Waals surface area contributed by atoms with Crippen LogP contribution >= 0.6 is 22.9 Å². The van der Waals surface area contributed by atoms with Crippen molar-refractivity contribution in [2.24, 2.45) is 0 Å². The van der Waals surface area contributed by atoms with Crippen LogP contribution in [0.3, 0.4) is 0 Å². The fraction of sp³-hybridized carbons (Fsp3) is 0.308. The third kappa shape index (κ3) is 4.86. The topological polar surface area (TPSA) is 115 Å². The zero-order valence-corrected chi connectivity index (χ0v) is 23.1. The second-order valence-corrected chi connectivity index (χ2v) is 10.8. The van der Waals surface area contributed by atoms with Crippen LogP contribution in [0.2, 0.25) is 5.15 Å². The number of aryl methyl sites for hydroxylation is 2. The van der Waals surface area contributed by atoms with Crippen LogP contribution in [0.15, 0.2) is 30.7 Å². The molecule has 1 N–H and O–H groups in total. The summed E-state index contributed by atoms with van der Waals surface area (Å²) < 4.78 is 7.25. The van der Waals surface area contributed by atoms with Crippen LogP contribution in [-0.4, -0.2) is 48.6 Å². The summed E-state index contributed by atoms with van der Waals surface area (Å²) in [6, 6.07) is 3.63. The summed E-state index contributed by atoms with van der Waals surface area (Å²) >= 11 is 7.50. The maximum Gasteiger partial charge on any atom is 0.259 e. The first kappa shape index (κ1) is 25.8. The Morgan fingerprint density at radius 2 is 1.89 bits per heavy atom. The van der Waals surface area contributed by atoms with Gasteiger partial charge in [0.25, 0.3) is 11.8 Å². The Kier molecular flexibility index (Phi) is 6.89. The second-order valence-electron chi connectivity index (χ2n) is 9.28. The number of anilines is 1. The SMILES string of the molecule is COc1cnc(Cl)cc1-c1cc(C)ncc1C(=O)Nc1nc2c(s1)CN(C(=O)c1cn(C(C)C)nc1C)C2. The Morgan fingerprint density at radius 1 is 1.11 bits per heavy atom. The Bertz CT molecular complexity index is 1540. The van der Waals surface area contributed by atoms with Crippen LogP contribution < -0.4 is 10.1 Å². The number of carbonyl (C=O) groups is 2. The van der Waals surface area contributed by atoms with E-state index in [-0.39, 0.29) is 23.0 Å². The molecular weight excluding hydrogens is 526 g/mol. The van der Waals surface area contributed by atoms with Gasteiger partial charge in [-0.3, -0.25) is 24.6 Å². The quantitative estimate of drug-likeness (QED) is 0.333. The van der Waals surface area contributed by atoms with Crippen molar-refractivity contribution in [3.05, 3.63) is 69.0 Å². The van der Waals surface area contributed by atoms with Gasteiger partial charge >= 0.3 is 0 Å². The molecule has 2 amide bonds. The number of halogens is 1. The van der Waals surface area contributed by atoms with Crippen molar-refractivity contribution in [3.63, 3.8) is 0 Å². The van der Waals surface area contributed by atoms with Gasteiger partial charge in [-0.05, 0) is 39.8 Å². The lowest BCUT2D eigenvalue weighted by molar-refractivity contribution is 0.0750. The highest BCUT2D eigenvalue weighted by Crippen LogP contribution is 2.35. The van der Waals surface area contributed by atoms with E-state index in [2.05, 4.69) is 25.4 Å². The standard InChI is InChI=1S/C26H26ClN7O3S/c1-13(2)34-10-19(15(4)32-34)25(36)33-11-20-22(12-33)38-26(30-20)31-24(35)18-8-28-14(3)6-16(18)17-7-23(27)29-9-21(17)37-5/h6-10,13H,11-12H2,1-5H3,(H,30,31,35). The molecule has 0 bridgehead atoms. The molecule has 4 aromatic heterocycles. The highest BCUT2D eigenvalue weighted by Gasteiger charge is 2.30. The number of aromatic nitrogens is 5. The summed E-state index contributed by atoms with van der Waals surface area (Å²) in [5.74, 6) is 0.0475. The highest BCUT2D eigenvalue weighted by atomic mass is 35.5. The van der Waals surface area contributed by atoms with E-state index in [4.69, 9.17) is 16.3 Å². The van der Waals surface area contributed by atoms with Gasteiger partial charge in [-0.15, -0.1) is 0 Å². The largest absolute Gasteiger partial charge is 0.494 e. The first-order valence-electron chi connectivity index (χ1n) is 12.0. The van der Waals surface area contributed by atoms with Crippen molar-refractivity contribution >= 4 is 39.9 Å². The lowest BCUT2D eigenvalue weighted by atomic mass is 10.0. The number of hydrogen-bond donors (Lipinski definition) is 1. The lowest BCUT2D eigenvalue weighted by Crippen LogP contribution is -2.26. The molecule has 196 valence electrons. The predicted octanol–water partition coefficient (Wildman–Crippen LogP) is 5.06. The van der Waals surface area contributed by atoms with E-state index in [0.717, 1.165) is 16.3 Å². The normalized spacial score (nSPS) is 12.7. The molecule has 5 heterocycles. The number of nitrogens with one attached hydrogen (secondary N) is 1. The fourth-order valence-corrected chi connectivity index (χ4v) is 5.42. The minimum absolute atomic E-state index is 0.0782. The minimum atomic E-state index is -0.362. The van der Waals surface area contributed by atoms with Crippen molar-refractivity contribution in [2.75, 3.05) is 12.4 Å². The van der Waals surface area contributed by atoms with E-state index in [9.17, 15) is 9.59 Å². The Hall–Kier alpha value is -3.83. The van der Waals surface area contributed by atoms with Gasteiger partial charge in [0.15, 0.2) is 5.13 Å². The highest BCUT2D eigenvalue weighted by molar-refractivity contribution is 7.16. The summed E-state index contributed by atoms with van der Waals surface area (Å²) in [7, 11) is 1.53. The van der Waals surface area contributed by atoms with Crippen LogP contribution in [0.5, 0.6) is 5.75 Å². The molecular formula is C26H26ClN7O3S. The smallest absolute Gasteiger partial charge is 0.259 e. The van der Waals surface area contributed by atoms with E-state index in [1.54, 1.807) is 27.9 Å². The summed E-state index contributed by atoms with van der Waals surface area (Å²) in [5.41, 5.74) is 4.41. The van der Waals surface area contributed by atoms with E-state index >= 15 is 0 Å². The fourth-order valence-electron chi connectivity index (χ4n) is 4.28. The summed E-state index contributed by atoms with van der Waals surface area (Å²) in [5, 5.41) is 8.08. The van der Waals surface area contributed by atoms with Gasteiger partial charge in [0.05, 0.1) is 53.8 Å². The second kappa shape index (κ2) is 10.1. The van der Waals surface area contributed by atoms with Crippen molar-refractivity contribution in [3.8, 4) is 16.9 Å². The van der Waals surface area contributed by atoms with E-state index < -0.39 is 0 Å². The molecule has 0 spiro atoms. The zero-order valence-electron chi connectivity index (χ0n) is 21.6. The molecule has 0 saturated heterocycles. The van der Waals surface area contributed by atoms with E-state index in [1.807, 2.05) is 27.7 Å². The van der Waals surface area contributed by atoms with Crippen LogP contribution in [0.4, 0.5) is 5.13 Å². The average molecular weight is 552 g/mol. The average Bonchev–Trinajstić information content (AvgIpc) is 3.56. The first-order chi connectivity index (χ1) is 18.1. The van der Waals surface area contributed by atoms with Gasteiger partial charge in [0.1, 0.15) is 10.9 Å². The molecule has 0 aliphatic carbocycles. The number of methoxy groups -OCH3 is 1. The number of pyridine rings is 2. The van der Waals surface area contributed by atoms with Gasteiger partial charge in [0.2, 0.25) is 0 Å². The molecule has 0 fully saturated rings. The Balaban J connectivity index is 1.34. The molecule has 0 atom stereocenters. The number of amides is 2. The first-order valence-corrected chi connectivity index (χ1v) is 13.2. The van der Waals surface area contributed by atoms with Crippen LogP contribution in [-0.2, 0) is 13.1 Å². The summed E-state index contributed by atoms with van der Waals surface area (Å²) in [4.78, 5) is 42.1. The zero-order chi connectivity index (χ0) is 27.1. The van der Waals surface area contributed by atoms with Gasteiger partial charge in [-0.2, -0.15) is 5.10 Å². The van der Waals surface area contributed by atoms with Gasteiger partial charge in [-0.25, -0.2) is 9.97 Å². The molecule has 4 aromatic rings. The molecule has 5 rings (SSSR count). The number of fused-ring (bicyclic) bond motifs is 1. The molecule has 0 unspecified atom stereocenters. The maximum atomic E-state index is 13.3. The summed E-state index contributed by atoms with van der Waals surface area (Å²) in [6.45, 7) is 8.52. The number of ether oxygens (including phenoxy) is 1. The van der Waals surface area contributed by atoms with Crippen LogP contribution in [0, 0.1) is 13.8 Å². The van der Waals surface area contributed by atoms with E-state index in [1.165, 1.54) is 30.8 Å². The van der Waals surface area contributed by atoms with Crippen molar-refractivity contribution < 1.29 is 14.3 Å². The third-order valence-electron chi connectivity index (χ3n) is 6.27. The number of thiazole rings is 1. The maximum absolute atomic E-state index is 13.3. The van der Waals surface area contributed by atoms with Crippen molar-refractivity contribution in [2.45, 2.75) is 46.8 Å². The lowest BCUT2D eigenvalue weighted by Gasteiger charge is -2.15. The summed E-state index contributed by atoms with van der Waals surface area (Å²) in [6.07, 6.45) is 4.84. The number of carbonyl (C=O) groups excluding carboxylic acids is 2. The Labute approximate surface area is 228 Å².